The molecule has 3 aromatic rings. The molecule has 0 amide bonds. The van der Waals surface area contributed by atoms with E-state index in [4.69, 9.17) is 5.26 Å². The van der Waals surface area contributed by atoms with Crippen LogP contribution in [0.4, 0.5) is 0 Å². The number of hydrogen-bond donors (Lipinski definition) is 1. The molecule has 0 radical (unpaired) electrons. The highest BCUT2D eigenvalue weighted by Crippen LogP contribution is 2.32. The van der Waals surface area contributed by atoms with E-state index in [0.717, 1.165) is 11.4 Å². The summed E-state index contributed by atoms with van der Waals surface area (Å²) < 4.78 is 0. The molecule has 0 aliphatic heterocycles. The van der Waals surface area contributed by atoms with E-state index in [1.807, 2.05) is 35.7 Å². The maximum Gasteiger partial charge on any atom is 0.163 e. The third-order valence-corrected chi connectivity index (χ3v) is 3.83. The van der Waals surface area contributed by atoms with Crippen molar-refractivity contribution in [2.75, 3.05) is 0 Å². The fourth-order valence-corrected chi connectivity index (χ4v) is 2.85. The lowest BCUT2D eigenvalue weighted by Crippen LogP contribution is -2.03. The second-order valence-electron chi connectivity index (χ2n) is 4.04. The Kier molecular flexibility index (Phi) is 3.09. The third-order valence-electron chi connectivity index (χ3n) is 2.89. The Hall–Kier alpha value is -2.45. The molecule has 1 unspecified atom stereocenters. The van der Waals surface area contributed by atoms with Gasteiger partial charge in [0.1, 0.15) is 6.33 Å². The molecule has 3 rings (SSSR count). The van der Waals surface area contributed by atoms with Crippen LogP contribution in [0, 0.1) is 11.3 Å². The third kappa shape index (κ3) is 2.26. The standard InChI is InChI=1S/C14H10N4S/c15-8-10-3-5-11(6-4-10)13(12-2-1-7-19-12)14-16-9-17-18-14/h1-7,9,13H,(H,16,17,18). The van der Waals surface area contributed by atoms with Gasteiger partial charge in [-0.25, -0.2) is 4.98 Å². The highest BCUT2D eigenvalue weighted by Gasteiger charge is 2.20. The zero-order valence-corrected chi connectivity index (χ0v) is 10.8. The van der Waals surface area contributed by atoms with Gasteiger partial charge in [-0.3, -0.25) is 5.10 Å². The second-order valence-corrected chi connectivity index (χ2v) is 5.02. The lowest BCUT2D eigenvalue weighted by atomic mass is 9.96. The van der Waals surface area contributed by atoms with Gasteiger partial charge in [0.05, 0.1) is 17.6 Å². The smallest absolute Gasteiger partial charge is 0.163 e. The minimum atomic E-state index is 0.0130. The van der Waals surface area contributed by atoms with Gasteiger partial charge in [0.2, 0.25) is 0 Å². The van der Waals surface area contributed by atoms with Crippen LogP contribution < -0.4 is 0 Å². The minimum absolute atomic E-state index is 0.0130. The fourth-order valence-electron chi connectivity index (χ4n) is 2.00. The monoisotopic (exact) mass is 266 g/mol. The number of H-pyrrole nitrogens is 1. The molecule has 5 heteroatoms. The van der Waals surface area contributed by atoms with Crippen LogP contribution in [0.5, 0.6) is 0 Å². The number of rotatable bonds is 3. The van der Waals surface area contributed by atoms with Gasteiger partial charge in [0, 0.05) is 4.88 Å². The molecule has 0 aliphatic rings. The van der Waals surface area contributed by atoms with Crippen molar-refractivity contribution in [1.29, 1.82) is 5.26 Å². The second kappa shape index (κ2) is 5.04. The number of aromatic amines is 1. The number of benzene rings is 1. The van der Waals surface area contributed by atoms with Gasteiger partial charge in [-0.1, -0.05) is 18.2 Å². The Labute approximate surface area is 114 Å². The van der Waals surface area contributed by atoms with Gasteiger partial charge in [-0.2, -0.15) is 10.4 Å². The summed E-state index contributed by atoms with van der Waals surface area (Å²) in [6.45, 7) is 0. The molecule has 1 aromatic carbocycles. The van der Waals surface area contributed by atoms with Crippen LogP contribution in [-0.2, 0) is 0 Å². The first kappa shape index (κ1) is 11.6. The van der Waals surface area contributed by atoms with Gasteiger partial charge < -0.3 is 0 Å². The van der Waals surface area contributed by atoms with Crippen molar-refractivity contribution in [3.8, 4) is 6.07 Å². The maximum atomic E-state index is 8.86. The average Bonchev–Trinajstić information content (AvgIpc) is 3.13. The molecule has 0 aliphatic carbocycles. The summed E-state index contributed by atoms with van der Waals surface area (Å²) in [6, 6.07) is 13.8. The summed E-state index contributed by atoms with van der Waals surface area (Å²) in [5.41, 5.74) is 1.74. The Morgan fingerprint density at radius 1 is 1.21 bits per heavy atom. The van der Waals surface area contributed by atoms with Crippen molar-refractivity contribution in [2.24, 2.45) is 0 Å². The fraction of sp³-hybridized carbons (Fsp3) is 0.0714. The number of nitriles is 1. The van der Waals surface area contributed by atoms with Crippen LogP contribution in [0.25, 0.3) is 0 Å². The van der Waals surface area contributed by atoms with E-state index < -0.39 is 0 Å². The van der Waals surface area contributed by atoms with E-state index >= 15 is 0 Å². The van der Waals surface area contributed by atoms with E-state index in [1.54, 1.807) is 17.7 Å². The van der Waals surface area contributed by atoms with Gasteiger partial charge in [-0.05, 0) is 29.1 Å². The first-order chi connectivity index (χ1) is 9.38. The maximum absolute atomic E-state index is 8.86. The van der Waals surface area contributed by atoms with Crippen LogP contribution in [0.1, 0.15) is 27.7 Å². The zero-order chi connectivity index (χ0) is 13.1. The molecule has 0 saturated carbocycles. The van der Waals surface area contributed by atoms with Crippen molar-refractivity contribution >= 4 is 11.3 Å². The van der Waals surface area contributed by atoms with Crippen LogP contribution in [-0.4, -0.2) is 15.2 Å². The first-order valence-corrected chi connectivity index (χ1v) is 6.65. The molecule has 19 heavy (non-hydrogen) atoms. The summed E-state index contributed by atoms with van der Waals surface area (Å²) in [5.74, 6) is 0.756. The summed E-state index contributed by atoms with van der Waals surface area (Å²) in [4.78, 5) is 5.45. The van der Waals surface area contributed by atoms with E-state index in [-0.39, 0.29) is 5.92 Å². The summed E-state index contributed by atoms with van der Waals surface area (Å²) in [6.07, 6.45) is 1.58. The van der Waals surface area contributed by atoms with Crippen molar-refractivity contribution < 1.29 is 0 Å². The Bertz CT molecular complexity index is 644. The molecular formula is C14H10N4S. The number of nitrogens with one attached hydrogen (secondary N) is 1. The number of thiophene rings is 1. The Morgan fingerprint density at radius 3 is 2.63 bits per heavy atom. The first-order valence-electron chi connectivity index (χ1n) is 5.77. The number of hydrogen-bond acceptors (Lipinski definition) is 4. The van der Waals surface area contributed by atoms with E-state index in [0.29, 0.717) is 5.56 Å². The largest absolute Gasteiger partial charge is 0.266 e. The van der Waals surface area contributed by atoms with Crippen molar-refractivity contribution in [3.05, 3.63) is 69.9 Å². The Balaban J connectivity index is 2.07. The van der Waals surface area contributed by atoms with Crippen molar-refractivity contribution in [3.63, 3.8) is 0 Å². The molecule has 2 aromatic heterocycles. The summed E-state index contributed by atoms with van der Waals surface area (Å²) in [5, 5.41) is 17.9. The highest BCUT2D eigenvalue weighted by molar-refractivity contribution is 7.10. The van der Waals surface area contributed by atoms with Crippen LogP contribution in [0.15, 0.2) is 48.1 Å². The molecule has 92 valence electrons. The van der Waals surface area contributed by atoms with Gasteiger partial charge >= 0.3 is 0 Å². The molecule has 2 heterocycles. The minimum Gasteiger partial charge on any atom is -0.266 e. The molecule has 0 saturated heterocycles. The van der Waals surface area contributed by atoms with Crippen LogP contribution >= 0.6 is 11.3 Å². The zero-order valence-electron chi connectivity index (χ0n) is 9.95. The molecule has 0 spiro atoms. The summed E-state index contributed by atoms with van der Waals surface area (Å²) >= 11 is 1.68. The van der Waals surface area contributed by atoms with Crippen molar-refractivity contribution in [2.45, 2.75) is 5.92 Å². The number of nitrogens with zero attached hydrogens (tertiary/aromatic N) is 3. The average molecular weight is 266 g/mol. The molecule has 0 fully saturated rings. The van der Waals surface area contributed by atoms with E-state index in [2.05, 4.69) is 27.3 Å². The molecule has 1 atom stereocenters. The summed E-state index contributed by atoms with van der Waals surface area (Å²) in [7, 11) is 0. The van der Waals surface area contributed by atoms with Gasteiger partial charge in [-0.15, -0.1) is 11.3 Å². The lowest BCUT2D eigenvalue weighted by molar-refractivity contribution is 0.877. The molecule has 1 N–H and O–H groups in total. The van der Waals surface area contributed by atoms with Crippen LogP contribution in [0.3, 0.4) is 0 Å². The van der Waals surface area contributed by atoms with Crippen molar-refractivity contribution in [1.82, 2.24) is 15.2 Å². The lowest BCUT2D eigenvalue weighted by Gasteiger charge is -2.12. The van der Waals surface area contributed by atoms with Crippen LogP contribution in [0.2, 0.25) is 0 Å². The predicted molar refractivity (Wildman–Crippen MR) is 72.8 cm³/mol. The Morgan fingerprint density at radius 2 is 2.05 bits per heavy atom. The molecule has 0 bridgehead atoms. The normalized spacial score (nSPS) is 11.9. The molecular weight excluding hydrogens is 256 g/mol. The quantitative estimate of drug-likeness (QED) is 0.792. The molecule has 4 nitrogen and oxygen atoms in total. The van der Waals surface area contributed by atoms with E-state index in [1.165, 1.54) is 4.88 Å². The number of aromatic nitrogens is 3. The van der Waals surface area contributed by atoms with Gasteiger partial charge in [0.15, 0.2) is 5.82 Å². The predicted octanol–water partition coefficient (Wildman–Crippen LogP) is 2.92. The van der Waals surface area contributed by atoms with E-state index in [9.17, 15) is 0 Å². The SMILES string of the molecule is N#Cc1ccc(C(c2nc[nH]n2)c2cccs2)cc1. The van der Waals surface area contributed by atoms with Gasteiger partial charge in [0.25, 0.3) is 0 Å². The topological polar surface area (TPSA) is 65.4 Å². The highest BCUT2D eigenvalue weighted by atomic mass is 32.1.